The first-order valence-corrected chi connectivity index (χ1v) is 3.53. The van der Waals surface area contributed by atoms with E-state index in [-0.39, 0.29) is 0 Å². The summed E-state index contributed by atoms with van der Waals surface area (Å²) in [6, 6.07) is 8.36. The molecular weight excluding hydrogens is 122 g/mol. The Morgan fingerprint density at radius 3 is 3.10 bits per heavy atom. The van der Waals surface area contributed by atoms with Gasteiger partial charge in [0.1, 0.15) is 0 Å². The predicted molar refractivity (Wildman–Crippen MR) is 40.5 cm³/mol. The van der Waals surface area contributed by atoms with Crippen LogP contribution in [0.5, 0.6) is 0 Å². The summed E-state index contributed by atoms with van der Waals surface area (Å²) in [5.41, 5.74) is 2.62. The lowest BCUT2D eigenvalue weighted by Crippen LogP contribution is -2.21. The van der Waals surface area contributed by atoms with Gasteiger partial charge in [-0.2, -0.15) is 0 Å². The van der Waals surface area contributed by atoms with Crippen LogP contribution in [0.2, 0.25) is 0 Å². The van der Waals surface area contributed by atoms with E-state index in [4.69, 9.17) is 0 Å². The van der Waals surface area contributed by atoms with Crippen molar-refractivity contribution in [2.45, 2.75) is 6.42 Å². The largest absolute Gasteiger partial charge is 0.303 e. The van der Waals surface area contributed by atoms with Crippen LogP contribution in [0, 0.1) is 6.54 Å². The zero-order valence-corrected chi connectivity index (χ0v) is 5.72. The maximum atomic E-state index is 3.11. The van der Waals surface area contributed by atoms with Crippen LogP contribution in [-0.4, -0.2) is 6.54 Å². The number of nitrogens with one attached hydrogen (secondary N) is 1. The molecule has 1 N–H and O–H groups in total. The summed E-state index contributed by atoms with van der Waals surface area (Å²) >= 11 is 0. The first-order chi connectivity index (χ1) is 4.97. The molecule has 1 heteroatoms. The highest BCUT2D eigenvalue weighted by atomic mass is 14.9. The molecule has 1 nitrogen and oxygen atoms in total. The molecule has 1 aliphatic heterocycles. The van der Waals surface area contributed by atoms with Gasteiger partial charge in [-0.25, -0.2) is 0 Å². The summed E-state index contributed by atoms with van der Waals surface area (Å²) in [5.74, 6) is 0. The molecule has 0 unspecified atom stereocenters. The first-order valence-electron chi connectivity index (χ1n) is 3.53. The van der Waals surface area contributed by atoms with Crippen molar-refractivity contribution >= 4 is 0 Å². The Hall–Kier alpha value is -0.820. The molecule has 0 bridgehead atoms. The summed E-state index contributed by atoms with van der Waals surface area (Å²) in [6.07, 6.45) is 1.13. The van der Waals surface area contributed by atoms with E-state index in [2.05, 4.69) is 30.1 Å². The van der Waals surface area contributed by atoms with Gasteiger partial charge in [0.25, 0.3) is 0 Å². The van der Waals surface area contributed by atoms with Crippen LogP contribution in [0.25, 0.3) is 0 Å². The van der Waals surface area contributed by atoms with Gasteiger partial charge in [0, 0.05) is 6.54 Å². The number of fused-ring (bicyclic) bond motifs is 1. The van der Waals surface area contributed by atoms with Gasteiger partial charge in [0.15, 0.2) is 0 Å². The highest BCUT2D eigenvalue weighted by Crippen LogP contribution is 2.13. The van der Waals surface area contributed by atoms with Crippen molar-refractivity contribution in [2.75, 3.05) is 6.54 Å². The third-order valence-corrected chi connectivity index (χ3v) is 1.76. The highest BCUT2D eigenvalue weighted by Gasteiger charge is 2.06. The molecule has 0 atom stereocenters. The summed E-state index contributed by atoms with van der Waals surface area (Å²) in [6.45, 7) is 4.14. The predicted octanol–water partition coefficient (Wildman–Crippen LogP) is 1.22. The lowest BCUT2D eigenvalue weighted by Gasteiger charge is -2.14. The normalized spacial score (nSPS) is 16.4. The summed E-state index contributed by atoms with van der Waals surface area (Å²) in [7, 11) is 0. The Morgan fingerprint density at radius 2 is 2.20 bits per heavy atom. The van der Waals surface area contributed by atoms with E-state index in [1.165, 1.54) is 11.1 Å². The Kier molecular flexibility index (Phi) is 1.44. The van der Waals surface area contributed by atoms with E-state index >= 15 is 0 Å². The zero-order chi connectivity index (χ0) is 6.81. The van der Waals surface area contributed by atoms with Crippen LogP contribution in [-0.2, 0) is 6.42 Å². The fourth-order valence-electron chi connectivity index (χ4n) is 1.22. The van der Waals surface area contributed by atoms with Gasteiger partial charge in [-0.15, -0.1) is 0 Å². The van der Waals surface area contributed by atoms with Gasteiger partial charge in [-0.1, -0.05) is 24.3 Å². The maximum absolute atomic E-state index is 3.11. The molecule has 1 aromatic rings. The molecule has 0 saturated carbocycles. The Bertz CT molecular complexity index is 205. The van der Waals surface area contributed by atoms with Gasteiger partial charge in [0.2, 0.25) is 0 Å². The molecule has 50 valence electrons. The molecule has 10 heavy (non-hydrogen) atoms. The molecule has 1 heterocycles. The molecule has 0 spiro atoms. The monoisotopic (exact) mass is 131 g/mol. The lowest BCUT2D eigenvalue weighted by atomic mass is 10.0. The van der Waals surface area contributed by atoms with Gasteiger partial charge >= 0.3 is 0 Å². The lowest BCUT2D eigenvalue weighted by molar-refractivity contribution is 0.753. The summed E-state index contributed by atoms with van der Waals surface area (Å²) in [5, 5.41) is 3.09. The molecular formula is C9H9N. The second kappa shape index (κ2) is 2.43. The molecule has 2 rings (SSSR count). The van der Waals surface area contributed by atoms with E-state index < -0.39 is 0 Å². The average Bonchev–Trinajstić information content (AvgIpc) is 2.05. The number of hydrogen-bond donors (Lipinski definition) is 1. The van der Waals surface area contributed by atoms with Crippen LogP contribution < -0.4 is 5.32 Å². The van der Waals surface area contributed by atoms with Gasteiger partial charge in [-0.05, 0) is 17.5 Å². The van der Waals surface area contributed by atoms with Crippen molar-refractivity contribution < 1.29 is 0 Å². The van der Waals surface area contributed by atoms with Crippen molar-refractivity contribution in [3.8, 4) is 0 Å². The molecule has 0 amide bonds. The van der Waals surface area contributed by atoms with Crippen molar-refractivity contribution in [3.05, 3.63) is 41.9 Å². The van der Waals surface area contributed by atoms with Crippen LogP contribution in [0.15, 0.2) is 24.3 Å². The fourth-order valence-corrected chi connectivity index (χ4v) is 1.22. The van der Waals surface area contributed by atoms with Gasteiger partial charge < -0.3 is 5.32 Å². The Balaban J connectivity index is 2.41. The molecule has 1 aliphatic rings. The molecule has 0 saturated heterocycles. The Labute approximate surface area is 61.1 Å². The van der Waals surface area contributed by atoms with E-state index in [0.717, 1.165) is 13.0 Å². The molecule has 0 aliphatic carbocycles. The Morgan fingerprint density at radius 1 is 1.30 bits per heavy atom. The van der Waals surface area contributed by atoms with Crippen LogP contribution >= 0.6 is 0 Å². The van der Waals surface area contributed by atoms with Crippen molar-refractivity contribution in [2.24, 2.45) is 0 Å². The number of rotatable bonds is 0. The van der Waals surface area contributed by atoms with Crippen molar-refractivity contribution in [1.82, 2.24) is 5.32 Å². The highest BCUT2D eigenvalue weighted by molar-refractivity contribution is 5.34. The van der Waals surface area contributed by atoms with Crippen molar-refractivity contribution in [1.29, 1.82) is 0 Å². The van der Waals surface area contributed by atoms with Gasteiger partial charge in [0.05, 0.1) is 6.54 Å². The fraction of sp³-hybridized carbons (Fsp3) is 0.222. The second-order valence-corrected chi connectivity index (χ2v) is 2.46. The first kappa shape index (κ1) is 5.93. The standard InChI is InChI=1S/C9H9N/c1-2-4-9-7-10-6-5-8(9)3-1/h1-4,10H,5-6H2. The number of hydrogen-bond acceptors (Lipinski definition) is 1. The minimum absolute atomic E-state index is 1.02. The van der Waals surface area contributed by atoms with Crippen LogP contribution in [0.1, 0.15) is 11.1 Å². The number of benzene rings is 1. The molecule has 0 aromatic heterocycles. The van der Waals surface area contributed by atoms with Crippen molar-refractivity contribution in [3.63, 3.8) is 0 Å². The minimum Gasteiger partial charge on any atom is -0.303 e. The average molecular weight is 131 g/mol. The smallest absolute Gasteiger partial charge is 0.0936 e. The second-order valence-electron chi connectivity index (χ2n) is 2.46. The molecule has 1 aromatic carbocycles. The van der Waals surface area contributed by atoms with E-state index in [1.807, 2.05) is 6.07 Å². The summed E-state index contributed by atoms with van der Waals surface area (Å²) < 4.78 is 0. The zero-order valence-electron chi connectivity index (χ0n) is 5.72. The van der Waals surface area contributed by atoms with Crippen LogP contribution in [0.3, 0.4) is 0 Å². The van der Waals surface area contributed by atoms with Crippen LogP contribution in [0.4, 0.5) is 0 Å². The third-order valence-electron chi connectivity index (χ3n) is 1.76. The minimum atomic E-state index is 1.02. The van der Waals surface area contributed by atoms with E-state index in [1.54, 1.807) is 0 Å². The quantitative estimate of drug-likeness (QED) is 0.558. The molecule has 2 radical (unpaired) electrons. The maximum Gasteiger partial charge on any atom is 0.0936 e. The van der Waals surface area contributed by atoms with Gasteiger partial charge in [-0.3, -0.25) is 0 Å². The van der Waals surface area contributed by atoms with E-state index in [0.29, 0.717) is 0 Å². The topological polar surface area (TPSA) is 12.0 Å². The van der Waals surface area contributed by atoms with E-state index in [9.17, 15) is 0 Å². The molecule has 0 fully saturated rings. The third kappa shape index (κ3) is 0.929. The SMILES string of the molecule is [C]1NCCc2ccccc21. The summed E-state index contributed by atoms with van der Waals surface area (Å²) in [4.78, 5) is 0.